The maximum absolute atomic E-state index is 6.35. The lowest BCUT2D eigenvalue weighted by molar-refractivity contribution is 0.664. The molecule has 0 fully saturated rings. The summed E-state index contributed by atoms with van der Waals surface area (Å²) in [6, 6.07) is 61.1. The molecule has 0 N–H and O–H groups in total. The zero-order valence-electron chi connectivity index (χ0n) is 27.0. The molecule has 0 unspecified atom stereocenters. The Labute approximate surface area is 287 Å². The van der Waals surface area contributed by atoms with E-state index >= 15 is 0 Å². The lowest BCUT2D eigenvalue weighted by atomic mass is 9.85. The third-order valence-corrected chi connectivity index (χ3v) is 10.4. The predicted molar refractivity (Wildman–Crippen MR) is 210 cm³/mol. The van der Waals surface area contributed by atoms with E-state index in [2.05, 4.69) is 152 Å². The second-order valence-electron chi connectivity index (χ2n) is 13.2. The van der Waals surface area contributed by atoms with E-state index in [-0.39, 0.29) is 0 Å². The Kier molecular flexibility index (Phi) is 5.70. The van der Waals surface area contributed by atoms with Crippen molar-refractivity contribution in [2.75, 3.05) is 0 Å². The van der Waals surface area contributed by atoms with Gasteiger partial charge in [0.15, 0.2) is 0 Å². The SMILES string of the molecule is c1ccc2cc(-c3c4ccccc4c(-c4ccc(-c5ccc6oc7cc8c(cc7c6c5)oc5ccccc58)cc4)c4ccccc34)ccc2c1. The van der Waals surface area contributed by atoms with Gasteiger partial charge in [0.1, 0.15) is 22.3 Å². The van der Waals surface area contributed by atoms with Crippen LogP contribution in [0.15, 0.2) is 179 Å². The van der Waals surface area contributed by atoms with Gasteiger partial charge in [-0.15, -0.1) is 0 Å². The molecule has 2 aromatic heterocycles. The Balaban J connectivity index is 1.05. The molecule has 2 heteroatoms. The normalized spacial score (nSPS) is 12.0. The summed E-state index contributed by atoms with van der Waals surface area (Å²) >= 11 is 0. The molecule has 0 aliphatic carbocycles. The molecule has 0 spiro atoms. The monoisotopic (exact) mass is 636 g/mol. The van der Waals surface area contributed by atoms with Crippen LogP contribution in [0.5, 0.6) is 0 Å². The Morgan fingerprint density at radius 2 is 0.700 bits per heavy atom. The smallest absolute Gasteiger partial charge is 0.136 e. The van der Waals surface area contributed by atoms with E-state index in [1.165, 1.54) is 54.6 Å². The van der Waals surface area contributed by atoms with Crippen LogP contribution in [0.25, 0.3) is 110 Å². The van der Waals surface area contributed by atoms with Crippen LogP contribution < -0.4 is 0 Å². The largest absolute Gasteiger partial charge is 0.456 e. The van der Waals surface area contributed by atoms with Crippen LogP contribution in [0.4, 0.5) is 0 Å². The van der Waals surface area contributed by atoms with Gasteiger partial charge < -0.3 is 8.83 Å². The first-order valence-electron chi connectivity index (χ1n) is 17.1. The summed E-state index contributed by atoms with van der Waals surface area (Å²) in [7, 11) is 0. The van der Waals surface area contributed by atoms with E-state index in [9.17, 15) is 0 Å². The van der Waals surface area contributed by atoms with E-state index < -0.39 is 0 Å². The third kappa shape index (κ3) is 4.03. The molecule has 2 heterocycles. The summed E-state index contributed by atoms with van der Waals surface area (Å²) in [5, 5.41) is 11.9. The second kappa shape index (κ2) is 10.4. The second-order valence-corrected chi connectivity index (χ2v) is 13.2. The summed E-state index contributed by atoms with van der Waals surface area (Å²) in [6.45, 7) is 0. The molecule has 2 nitrogen and oxygen atoms in total. The minimum Gasteiger partial charge on any atom is -0.456 e. The lowest BCUT2D eigenvalue weighted by Gasteiger charge is -2.18. The molecule has 232 valence electrons. The van der Waals surface area contributed by atoms with E-state index in [0.717, 1.165) is 55.0 Å². The van der Waals surface area contributed by atoms with Crippen molar-refractivity contribution < 1.29 is 8.83 Å². The van der Waals surface area contributed by atoms with E-state index in [0.29, 0.717) is 0 Å². The van der Waals surface area contributed by atoms with Gasteiger partial charge in [0.05, 0.1) is 0 Å². The van der Waals surface area contributed by atoms with Crippen LogP contribution in [0, 0.1) is 0 Å². The van der Waals surface area contributed by atoms with E-state index in [4.69, 9.17) is 8.83 Å². The topological polar surface area (TPSA) is 26.3 Å². The molecule has 0 amide bonds. The van der Waals surface area contributed by atoms with Crippen LogP contribution in [0.2, 0.25) is 0 Å². The Bertz CT molecular complexity index is 3080. The van der Waals surface area contributed by atoms with Crippen LogP contribution in [-0.2, 0) is 0 Å². The van der Waals surface area contributed by atoms with Gasteiger partial charge in [-0.05, 0) is 102 Å². The first-order chi connectivity index (χ1) is 24.8. The summed E-state index contributed by atoms with van der Waals surface area (Å²) < 4.78 is 12.6. The lowest BCUT2D eigenvalue weighted by Crippen LogP contribution is -1.91. The molecule has 0 radical (unpaired) electrons. The first-order valence-corrected chi connectivity index (χ1v) is 17.1. The zero-order chi connectivity index (χ0) is 32.8. The molecular formula is C48H28O2. The predicted octanol–water partition coefficient (Wildman–Crippen LogP) is 13.9. The molecule has 11 aromatic rings. The summed E-state index contributed by atoms with van der Waals surface area (Å²) in [5.41, 5.74) is 10.8. The fourth-order valence-electron chi connectivity index (χ4n) is 8.10. The Morgan fingerprint density at radius 1 is 0.240 bits per heavy atom. The third-order valence-electron chi connectivity index (χ3n) is 10.4. The van der Waals surface area contributed by atoms with E-state index in [1.54, 1.807) is 0 Å². The van der Waals surface area contributed by atoms with Crippen molar-refractivity contribution in [2.24, 2.45) is 0 Å². The maximum Gasteiger partial charge on any atom is 0.136 e. The van der Waals surface area contributed by atoms with Crippen molar-refractivity contribution in [3.05, 3.63) is 170 Å². The van der Waals surface area contributed by atoms with Gasteiger partial charge in [-0.25, -0.2) is 0 Å². The van der Waals surface area contributed by atoms with Gasteiger partial charge in [-0.2, -0.15) is 0 Å². The number of fused-ring (bicyclic) bond motifs is 9. The fourth-order valence-corrected chi connectivity index (χ4v) is 8.10. The molecular weight excluding hydrogens is 609 g/mol. The zero-order valence-corrected chi connectivity index (χ0v) is 27.0. The quantitative estimate of drug-likeness (QED) is 0.180. The van der Waals surface area contributed by atoms with Gasteiger partial charge in [-0.3, -0.25) is 0 Å². The van der Waals surface area contributed by atoms with Crippen LogP contribution >= 0.6 is 0 Å². The maximum atomic E-state index is 6.35. The molecule has 0 aliphatic rings. The molecule has 0 aliphatic heterocycles. The van der Waals surface area contributed by atoms with Gasteiger partial charge in [0.25, 0.3) is 0 Å². The van der Waals surface area contributed by atoms with Crippen molar-refractivity contribution in [3.8, 4) is 33.4 Å². The molecule has 9 aromatic carbocycles. The highest BCUT2D eigenvalue weighted by molar-refractivity contribution is 6.22. The molecule has 50 heavy (non-hydrogen) atoms. The van der Waals surface area contributed by atoms with Crippen LogP contribution in [0.1, 0.15) is 0 Å². The molecule has 0 bridgehead atoms. The summed E-state index contributed by atoms with van der Waals surface area (Å²) in [6.07, 6.45) is 0. The Morgan fingerprint density at radius 3 is 1.38 bits per heavy atom. The number of furan rings is 2. The van der Waals surface area contributed by atoms with Crippen LogP contribution in [0.3, 0.4) is 0 Å². The van der Waals surface area contributed by atoms with E-state index in [1.807, 2.05) is 18.2 Å². The highest BCUT2D eigenvalue weighted by Gasteiger charge is 2.18. The molecule has 0 saturated heterocycles. The average molecular weight is 637 g/mol. The minimum absolute atomic E-state index is 0.873. The number of benzene rings is 9. The van der Waals surface area contributed by atoms with Gasteiger partial charge in [0, 0.05) is 21.5 Å². The molecule has 0 atom stereocenters. The minimum atomic E-state index is 0.873. The highest BCUT2D eigenvalue weighted by atomic mass is 16.3. The van der Waals surface area contributed by atoms with Crippen molar-refractivity contribution in [3.63, 3.8) is 0 Å². The van der Waals surface area contributed by atoms with Gasteiger partial charge in [0.2, 0.25) is 0 Å². The average Bonchev–Trinajstić information content (AvgIpc) is 3.72. The van der Waals surface area contributed by atoms with Gasteiger partial charge >= 0.3 is 0 Å². The molecule has 0 saturated carbocycles. The van der Waals surface area contributed by atoms with Crippen molar-refractivity contribution in [2.45, 2.75) is 0 Å². The standard InChI is InChI=1S/C48H28O2/c1-2-10-32-25-34(22-19-29(32)9-1)48-38-14-5-3-12-36(38)47(37-13-4-6-15-39(37)48)31-20-17-30(18-21-31)33-23-24-44-40(26-33)42-28-45-41(27-46(42)50-44)35-11-7-8-16-43(35)49-45/h1-28H. The number of hydrogen-bond acceptors (Lipinski definition) is 2. The summed E-state index contributed by atoms with van der Waals surface area (Å²) in [5.74, 6) is 0. The Hall–Kier alpha value is -6.64. The van der Waals surface area contributed by atoms with Crippen molar-refractivity contribution in [1.82, 2.24) is 0 Å². The number of rotatable bonds is 3. The summed E-state index contributed by atoms with van der Waals surface area (Å²) in [4.78, 5) is 0. The number of para-hydroxylation sites is 1. The highest BCUT2D eigenvalue weighted by Crippen LogP contribution is 2.45. The van der Waals surface area contributed by atoms with Crippen molar-refractivity contribution >= 4 is 76.2 Å². The van der Waals surface area contributed by atoms with Crippen LogP contribution in [-0.4, -0.2) is 0 Å². The number of hydrogen-bond donors (Lipinski definition) is 0. The fraction of sp³-hybridized carbons (Fsp3) is 0. The van der Waals surface area contributed by atoms with Gasteiger partial charge in [-0.1, -0.05) is 133 Å². The van der Waals surface area contributed by atoms with Crippen molar-refractivity contribution in [1.29, 1.82) is 0 Å². The first kappa shape index (κ1) is 27.3. The molecule has 11 rings (SSSR count).